The highest BCUT2D eigenvalue weighted by atomic mass is 16.3. The third-order valence-corrected chi connectivity index (χ3v) is 5.43. The number of nitrogens with zero attached hydrogens (tertiary/aromatic N) is 1. The van der Waals surface area contributed by atoms with Crippen molar-refractivity contribution in [3.05, 3.63) is 75.9 Å². The van der Waals surface area contributed by atoms with Crippen LogP contribution in [0.15, 0.2) is 48.0 Å². The summed E-state index contributed by atoms with van der Waals surface area (Å²) in [5.74, 6) is -1.28. The van der Waals surface area contributed by atoms with E-state index in [-0.39, 0.29) is 11.3 Å². The first kappa shape index (κ1) is 20.8. The fourth-order valence-corrected chi connectivity index (χ4v) is 3.69. The molecule has 152 valence electrons. The van der Waals surface area contributed by atoms with Gasteiger partial charge in [-0.1, -0.05) is 47.5 Å². The maximum absolute atomic E-state index is 13.0. The van der Waals surface area contributed by atoms with Gasteiger partial charge >= 0.3 is 0 Å². The number of likely N-dealkylation sites (N-methyl/N-ethyl adjacent to an activating group) is 1. The van der Waals surface area contributed by atoms with Crippen LogP contribution in [0, 0.1) is 20.8 Å². The van der Waals surface area contributed by atoms with Gasteiger partial charge in [0.15, 0.2) is 0 Å². The Morgan fingerprint density at radius 3 is 2.24 bits per heavy atom. The molecule has 5 nitrogen and oxygen atoms in total. The van der Waals surface area contributed by atoms with Crippen LogP contribution in [-0.2, 0) is 9.59 Å². The lowest BCUT2D eigenvalue weighted by Gasteiger charge is -2.26. The maximum atomic E-state index is 13.0. The summed E-state index contributed by atoms with van der Waals surface area (Å²) in [5, 5.41) is 11.2. The Balaban J connectivity index is 2.19. The predicted molar refractivity (Wildman–Crippen MR) is 114 cm³/mol. The smallest absolute Gasteiger partial charge is 0.295 e. The molecule has 0 saturated carbocycles. The Labute approximate surface area is 172 Å². The second kappa shape index (κ2) is 8.21. The van der Waals surface area contributed by atoms with Crippen molar-refractivity contribution >= 4 is 17.4 Å². The Hall–Kier alpha value is -2.92. The van der Waals surface area contributed by atoms with Gasteiger partial charge in [0, 0.05) is 5.56 Å². The molecule has 1 saturated heterocycles. The number of aliphatic hydroxyl groups excluding tert-OH is 1. The van der Waals surface area contributed by atoms with Gasteiger partial charge in [0.25, 0.3) is 11.7 Å². The van der Waals surface area contributed by atoms with Crippen LogP contribution in [0.2, 0.25) is 0 Å². The number of carbonyl (C=O) groups is 2. The highest BCUT2D eigenvalue weighted by Gasteiger charge is 2.46. The molecular formula is C24H29N2O3+. The molecule has 2 aromatic rings. The van der Waals surface area contributed by atoms with Crippen LogP contribution in [0.1, 0.15) is 33.9 Å². The largest absolute Gasteiger partial charge is 0.507 e. The van der Waals surface area contributed by atoms with Gasteiger partial charge < -0.3 is 14.9 Å². The van der Waals surface area contributed by atoms with Crippen LogP contribution >= 0.6 is 0 Å². The minimum Gasteiger partial charge on any atom is -0.507 e. The average molecular weight is 394 g/mol. The fraction of sp³-hybridized carbons (Fsp3) is 0.333. The number of aliphatic hydroxyl groups is 1. The number of hydrogen-bond acceptors (Lipinski definition) is 3. The molecule has 1 aliphatic rings. The second-order valence-corrected chi connectivity index (χ2v) is 8.18. The molecule has 1 fully saturated rings. The number of quaternary nitrogens is 1. The van der Waals surface area contributed by atoms with Crippen LogP contribution < -0.4 is 4.90 Å². The molecule has 1 heterocycles. The van der Waals surface area contributed by atoms with Crippen molar-refractivity contribution in [2.45, 2.75) is 26.8 Å². The topological polar surface area (TPSA) is 62.0 Å². The zero-order valence-corrected chi connectivity index (χ0v) is 17.7. The number of Topliss-reactive ketones (excluding diaryl/α,β-unsaturated/α-hetero) is 1. The van der Waals surface area contributed by atoms with Crippen LogP contribution in [0.5, 0.6) is 0 Å². The average Bonchev–Trinajstić information content (AvgIpc) is 2.93. The van der Waals surface area contributed by atoms with Crippen LogP contribution in [-0.4, -0.2) is 48.9 Å². The van der Waals surface area contributed by atoms with E-state index in [1.165, 1.54) is 4.90 Å². The zero-order valence-electron chi connectivity index (χ0n) is 17.7. The summed E-state index contributed by atoms with van der Waals surface area (Å²) >= 11 is 0. The van der Waals surface area contributed by atoms with Gasteiger partial charge in [-0.3, -0.25) is 9.59 Å². The summed E-state index contributed by atoms with van der Waals surface area (Å²) in [5.41, 5.74) is 4.53. The van der Waals surface area contributed by atoms with E-state index in [1.807, 2.05) is 77.3 Å². The monoisotopic (exact) mass is 393 g/mol. The lowest BCUT2D eigenvalue weighted by molar-refractivity contribution is -0.857. The predicted octanol–water partition coefficient (Wildman–Crippen LogP) is 2.18. The van der Waals surface area contributed by atoms with E-state index in [1.54, 1.807) is 4.90 Å². The Kier molecular flexibility index (Phi) is 5.89. The molecule has 0 unspecified atom stereocenters. The quantitative estimate of drug-likeness (QED) is 0.465. The summed E-state index contributed by atoms with van der Waals surface area (Å²) in [4.78, 5) is 28.7. The van der Waals surface area contributed by atoms with E-state index < -0.39 is 17.7 Å². The third-order valence-electron chi connectivity index (χ3n) is 5.43. The SMILES string of the molecule is Cc1ccc([C@@H]2C(=C(O)c3cc(C)ccc3C)C(=O)C(=O)N2CC[NH+](C)C)cc1. The Morgan fingerprint density at radius 2 is 1.62 bits per heavy atom. The molecule has 0 radical (unpaired) electrons. The number of amides is 1. The minimum atomic E-state index is -0.622. The van der Waals surface area contributed by atoms with Crippen molar-refractivity contribution in [3.8, 4) is 0 Å². The van der Waals surface area contributed by atoms with Crippen molar-refractivity contribution in [2.24, 2.45) is 0 Å². The maximum Gasteiger partial charge on any atom is 0.295 e. The van der Waals surface area contributed by atoms with E-state index in [0.717, 1.165) is 22.3 Å². The molecule has 29 heavy (non-hydrogen) atoms. The summed E-state index contributed by atoms with van der Waals surface area (Å²) in [7, 11) is 4.02. The van der Waals surface area contributed by atoms with Gasteiger partial charge in [-0.2, -0.15) is 0 Å². The van der Waals surface area contributed by atoms with Crippen LogP contribution in [0.25, 0.3) is 5.76 Å². The van der Waals surface area contributed by atoms with Crippen molar-refractivity contribution in [1.82, 2.24) is 4.90 Å². The molecule has 0 aromatic heterocycles. The highest BCUT2D eigenvalue weighted by Crippen LogP contribution is 2.39. The number of ketones is 1. The zero-order chi connectivity index (χ0) is 21.3. The number of hydrogen-bond donors (Lipinski definition) is 2. The number of rotatable bonds is 5. The number of likely N-dealkylation sites (tertiary alicyclic amines) is 1. The van der Waals surface area contributed by atoms with Gasteiger partial charge in [-0.15, -0.1) is 0 Å². The molecule has 0 bridgehead atoms. The third kappa shape index (κ3) is 4.10. The standard InChI is InChI=1S/C24H28N2O3/c1-15-7-10-18(11-8-15)21-20(22(27)19-14-16(2)6-9-17(19)3)23(28)24(29)26(21)13-12-25(4)5/h6-11,14,21,27H,12-13H2,1-5H3/p+1/t21-/m1/s1. The van der Waals surface area contributed by atoms with E-state index in [0.29, 0.717) is 18.7 Å². The van der Waals surface area contributed by atoms with Crippen LogP contribution in [0.4, 0.5) is 0 Å². The molecule has 2 N–H and O–H groups in total. The van der Waals surface area contributed by atoms with Crippen molar-refractivity contribution in [1.29, 1.82) is 0 Å². The Bertz CT molecular complexity index is 974. The molecule has 1 amide bonds. The minimum absolute atomic E-state index is 0.102. The summed E-state index contributed by atoms with van der Waals surface area (Å²) in [6, 6.07) is 12.9. The first-order valence-corrected chi connectivity index (χ1v) is 9.92. The number of carbonyl (C=O) groups excluding carboxylic acids is 2. The molecule has 2 aromatic carbocycles. The molecule has 3 rings (SSSR count). The summed E-state index contributed by atoms with van der Waals surface area (Å²) in [6.45, 7) is 6.97. The van der Waals surface area contributed by atoms with E-state index in [4.69, 9.17) is 0 Å². The number of aryl methyl sites for hydroxylation is 3. The van der Waals surface area contributed by atoms with Gasteiger partial charge in [-0.25, -0.2) is 0 Å². The van der Waals surface area contributed by atoms with Gasteiger partial charge in [0.2, 0.25) is 0 Å². The van der Waals surface area contributed by atoms with Gasteiger partial charge in [-0.05, 0) is 38.0 Å². The first-order valence-electron chi connectivity index (χ1n) is 9.92. The van der Waals surface area contributed by atoms with Crippen molar-refractivity contribution in [3.63, 3.8) is 0 Å². The lowest BCUT2D eigenvalue weighted by Crippen LogP contribution is -3.06. The summed E-state index contributed by atoms with van der Waals surface area (Å²) in [6.07, 6.45) is 0. The van der Waals surface area contributed by atoms with E-state index in [9.17, 15) is 14.7 Å². The molecule has 1 aliphatic heterocycles. The second-order valence-electron chi connectivity index (χ2n) is 8.18. The van der Waals surface area contributed by atoms with Crippen LogP contribution in [0.3, 0.4) is 0 Å². The molecule has 5 heteroatoms. The van der Waals surface area contributed by atoms with E-state index in [2.05, 4.69) is 0 Å². The molecule has 0 spiro atoms. The van der Waals surface area contributed by atoms with Crippen molar-refractivity contribution < 1.29 is 19.6 Å². The summed E-state index contributed by atoms with van der Waals surface area (Å²) < 4.78 is 0. The molecule has 0 aliphatic carbocycles. The highest BCUT2D eigenvalue weighted by molar-refractivity contribution is 6.46. The first-order chi connectivity index (χ1) is 13.7. The number of nitrogens with one attached hydrogen (secondary N) is 1. The lowest BCUT2D eigenvalue weighted by atomic mass is 9.93. The fourth-order valence-electron chi connectivity index (χ4n) is 3.69. The molecular weight excluding hydrogens is 364 g/mol. The molecule has 1 atom stereocenters. The van der Waals surface area contributed by atoms with E-state index >= 15 is 0 Å². The normalized spacial score (nSPS) is 18.7. The van der Waals surface area contributed by atoms with Gasteiger partial charge in [0.05, 0.1) is 38.8 Å². The van der Waals surface area contributed by atoms with Gasteiger partial charge in [0.1, 0.15) is 5.76 Å². The van der Waals surface area contributed by atoms with Crippen molar-refractivity contribution in [2.75, 3.05) is 27.2 Å². The Morgan fingerprint density at radius 1 is 1.00 bits per heavy atom. The number of benzene rings is 2.